The number of benzene rings is 1. The number of imidazole rings is 1. The van der Waals surface area contributed by atoms with Crippen LogP contribution in [0.1, 0.15) is 50.2 Å². The monoisotopic (exact) mass is 515 g/mol. The van der Waals surface area contributed by atoms with Gasteiger partial charge in [-0.15, -0.1) is 0 Å². The molecule has 2 aliphatic rings. The van der Waals surface area contributed by atoms with Crippen LogP contribution in [0.3, 0.4) is 0 Å². The van der Waals surface area contributed by atoms with Gasteiger partial charge in [0.1, 0.15) is 29.7 Å². The van der Waals surface area contributed by atoms with Gasteiger partial charge in [0.25, 0.3) is 0 Å². The molecule has 0 bridgehead atoms. The lowest BCUT2D eigenvalue weighted by Gasteiger charge is -2.40. The van der Waals surface area contributed by atoms with Crippen molar-refractivity contribution in [1.82, 2.24) is 34.5 Å². The molecule has 1 fully saturated rings. The molecule has 198 valence electrons. The first kappa shape index (κ1) is 25.3. The maximum Gasteiger partial charge on any atom is 0.407 e. The van der Waals surface area contributed by atoms with E-state index < -0.39 is 35.5 Å². The molecule has 1 N–H and O–H groups in total. The molecule has 12 heteroatoms. The summed E-state index contributed by atoms with van der Waals surface area (Å²) in [6, 6.07) is 2.54. The number of nitrogens with zero attached hydrogens (tertiary/aromatic N) is 6. The Balaban J connectivity index is 1.35. The third-order valence-corrected chi connectivity index (χ3v) is 6.76. The first-order chi connectivity index (χ1) is 17.5. The smallest absolute Gasteiger partial charge is 0.407 e. The van der Waals surface area contributed by atoms with E-state index in [1.165, 1.54) is 6.33 Å². The number of fused-ring (bicyclic) bond motifs is 1. The molecule has 1 saturated heterocycles. The predicted octanol–water partition coefficient (Wildman–Crippen LogP) is 3.23. The molecule has 2 aliphatic heterocycles. The first-order valence-corrected chi connectivity index (χ1v) is 12.2. The van der Waals surface area contributed by atoms with Crippen LogP contribution in [-0.2, 0) is 36.7 Å². The average molecular weight is 516 g/mol. The van der Waals surface area contributed by atoms with Gasteiger partial charge in [-0.25, -0.2) is 28.2 Å². The summed E-state index contributed by atoms with van der Waals surface area (Å²) in [4.78, 5) is 24.0. The Bertz CT molecular complexity index is 1320. The minimum absolute atomic E-state index is 0.0687. The number of halogens is 2. The van der Waals surface area contributed by atoms with Crippen LogP contribution in [0.5, 0.6) is 0 Å². The summed E-state index contributed by atoms with van der Waals surface area (Å²) >= 11 is 0. The molecule has 0 spiro atoms. The van der Waals surface area contributed by atoms with Gasteiger partial charge < -0.3 is 19.4 Å². The van der Waals surface area contributed by atoms with Crippen molar-refractivity contribution in [3.8, 4) is 11.6 Å². The number of amides is 1. The van der Waals surface area contributed by atoms with E-state index in [-0.39, 0.29) is 18.2 Å². The van der Waals surface area contributed by atoms with E-state index in [0.717, 1.165) is 35.4 Å². The number of alkyl carbamates (subject to hydrolysis) is 1. The van der Waals surface area contributed by atoms with Crippen molar-refractivity contribution < 1.29 is 23.0 Å². The summed E-state index contributed by atoms with van der Waals surface area (Å²) in [5.41, 5.74) is 1.36. The average Bonchev–Trinajstić information content (AvgIpc) is 3.50. The third-order valence-electron chi connectivity index (χ3n) is 6.76. The molecule has 4 heterocycles. The lowest BCUT2D eigenvalue weighted by Crippen LogP contribution is -2.52. The normalized spacial score (nSPS) is 22.2. The van der Waals surface area contributed by atoms with E-state index in [1.54, 1.807) is 25.5 Å². The highest BCUT2D eigenvalue weighted by Crippen LogP contribution is 2.36. The van der Waals surface area contributed by atoms with Crippen LogP contribution in [0.15, 0.2) is 24.5 Å². The second kappa shape index (κ2) is 9.49. The number of hydrogen-bond acceptors (Lipinski definition) is 7. The van der Waals surface area contributed by atoms with Gasteiger partial charge in [-0.2, -0.15) is 5.10 Å². The van der Waals surface area contributed by atoms with Gasteiger partial charge >= 0.3 is 6.09 Å². The summed E-state index contributed by atoms with van der Waals surface area (Å²) in [5, 5.41) is 6.98. The molecule has 3 aromatic rings. The molecule has 5 rings (SSSR count). The van der Waals surface area contributed by atoms with E-state index in [4.69, 9.17) is 14.5 Å². The van der Waals surface area contributed by atoms with Crippen molar-refractivity contribution in [2.24, 2.45) is 14.1 Å². The predicted molar refractivity (Wildman–Crippen MR) is 129 cm³/mol. The Kier molecular flexibility index (Phi) is 6.48. The quantitative estimate of drug-likeness (QED) is 0.570. The van der Waals surface area contributed by atoms with E-state index in [0.29, 0.717) is 25.3 Å². The van der Waals surface area contributed by atoms with Crippen molar-refractivity contribution in [3.05, 3.63) is 53.1 Å². The second-order valence-corrected chi connectivity index (χ2v) is 10.6. The van der Waals surface area contributed by atoms with Crippen LogP contribution in [0.2, 0.25) is 0 Å². The SMILES string of the molecule is Cn1ncnc1-c1nc2c(n1C)CN([C@H]1CO[C@H](c3cc(F)ccc3F)[C@@H](NC(=O)OC(C)(C)C)C1)C2. The number of aryl methyl sites for hydroxylation is 1. The highest BCUT2D eigenvalue weighted by molar-refractivity contribution is 5.68. The Morgan fingerprint density at radius 3 is 2.65 bits per heavy atom. The molecule has 0 unspecified atom stereocenters. The zero-order valence-electron chi connectivity index (χ0n) is 21.5. The number of hydrogen-bond donors (Lipinski definition) is 1. The zero-order valence-corrected chi connectivity index (χ0v) is 21.5. The Morgan fingerprint density at radius 1 is 1.19 bits per heavy atom. The molecule has 0 radical (unpaired) electrons. The highest BCUT2D eigenvalue weighted by Gasteiger charge is 2.40. The third kappa shape index (κ3) is 5.08. The Hall–Kier alpha value is -3.38. The van der Waals surface area contributed by atoms with Gasteiger partial charge in [0, 0.05) is 38.8 Å². The van der Waals surface area contributed by atoms with Gasteiger partial charge in [0.15, 0.2) is 11.6 Å². The van der Waals surface area contributed by atoms with Crippen molar-refractivity contribution in [2.45, 2.75) is 64.1 Å². The maximum absolute atomic E-state index is 14.7. The summed E-state index contributed by atoms with van der Waals surface area (Å²) in [7, 11) is 3.77. The van der Waals surface area contributed by atoms with E-state index in [2.05, 4.69) is 20.3 Å². The van der Waals surface area contributed by atoms with E-state index >= 15 is 0 Å². The lowest BCUT2D eigenvalue weighted by atomic mass is 9.92. The van der Waals surface area contributed by atoms with Crippen LogP contribution in [-0.4, -0.2) is 59.6 Å². The van der Waals surface area contributed by atoms with Gasteiger partial charge in [-0.1, -0.05) is 0 Å². The Morgan fingerprint density at radius 2 is 1.97 bits per heavy atom. The van der Waals surface area contributed by atoms with Gasteiger partial charge in [0.2, 0.25) is 0 Å². The molecule has 0 aliphatic carbocycles. The second-order valence-electron chi connectivity index (χ2n) is 10.6. The number of aromatic nitrogens is 5. The van der Waals surface area contributed by atoms with Gasteiger partial charge in [0.05, 0.1) is 24.0 Å². The summed E-state index contributed by atoms with van der Waals surface area (Å²) in [6.45, 7) is 6.80. The molecular formula is C25H31F2N7O3. The highest BCUT2D eigenvalue weighted by atomic mass is 19.1. The fourth-order valence-electron chi connectivity index (χ4n) is 5.01. The van der Waals surface area contributed by atoms with Crippen LogP contribution in [0.25, 0.3) is 11.6 Å². The molecular weight excluding hydrogens is 484 g/mol. The van der Waals surface area contributed by atoms with Gasteiger partial charge in [-0.05, 0) is 45.4 Å². The fourth-order valence-corrected chi connectivity index (χ4v) is 5.01. The van der Waals surface area contributed by atoms with Crippen LogP contribution < -0.4 is 5.32 Å². The number of carbonyl (C=O) groups excluding carboxylic acids is 1. The topological polar surface area (TPSA) is 99.3 Å². The molecule has 0 saturated carbocycles. The minimum atomic E-state index is -0.856. The Labute approximate surface area is 213 Å². The van der Waals surface area contributed by atoms with Crippen molar-refractivity contribution in [1.29, 1.82) is 0 Å². The van der Waals surface area contributed by atoms with Crippen molar-refractivity contribution in [2.75, 3.05) is 6.61 Å². The number of rotatable bonds is 4. The molecule has 1 aromatic carbocycles. The fraction of sp³-hybridized carbons (Fsp3) is 0.520. The molecule has 1 amide bonds. The summed E-state index contributed by atoms with van der Waals surface area (Å²) in [6.07, 6.45) is 0.467. The zero-order chi connectivity index (χ0) is 26.5. The molecule has 2 aromatic heterocycles. The van der Waals surface area contributed by atoms with E-state index in [9.17, 15) is 13.6 Å². The van der Waals surface area contributed by atoms with Crippen LogP contribution in [0, 0.1) is 11.6 Å². The van der Waals surface area contributed by atoms with Crippen LogP contribution >= 0.6 is 0 Å². The number of nitrogens with one attached hydrogen (secondary N) is 1. The van der Waals surface area contributed by atoms with Crippen LogP contribution in [0.4, 0.5) is 13.6 Å². The first-order valence-electron chi connectivity index (χ1n) is 12.2. The molecule has 10 nitrogen and oxygen atoms in total. The summed E-state index contributed by atoms with van der Waals surface area (Å²) < 4.78 is 43.9. The lowest BCUT2D eigenvalue weighted by molar-refractivity contribution is -0.0630. The van der Waals surface area contributed by atoms with Crippen molar-refractivity contribution in [3.63, 3.8) is 0 Å². The molecule has 37 heavy (non-hydrogen) atoms. The number of carbonyl (C=O) groups is 1. The summed E-state index contributed by atoms with van der Waals surface area (Å²) in [5.74, 6) is 0.273. The molecule has 3 atom stereocenters. The minimum Gasteiger partial charge on any atom is -0.444 e. The standard InChI is InChI=1S/C25H31F2N7O3/c1-25(2,3)37-24(35)31-18-9-15(12-36-21(18)16-8-14(26)6-7-17(16)27)34-10-19-20(11-34)32(4)23(30-19)22-28-13-29-33(22)5/h6-8,13,15,18,21H,9-12H2,1-5H3,(H,31,35)/t15-,18+,21-/m1/s1. The maximum atomic E-state index is 14.7. The van der Waals surface area contributed by atoms with Gasteiger partial charge in [-0.3, -0.25) is 4.90 Å². The van der Waals surface area contributed by atoms with Crippen molar-refractivity contribution >= 4 is 6.09 Å². The number of ether oxygens (including phenoxy) is 2. The van der Waals surface area contributed by atoms with E-state index in [1.807, 2.05) is 18.7 Å². The largest absolute Gasteiger partial charge is 0.444 e.